The molecule has 3 N–H and O–H groups in total. The van der Waals surface area contributed by atoms with Crippen molar-refractivity contribution in [1.29, 1.82) is 0 Å². The number of carbonyl (C=O) groups excluding carboxylic acids is 2. The van der Waals surface area contributed by atoms with E-state index in [-0.39, 0.29) is 28.8 Å². The minimum Gasteiger partial charge on any atom is -0.492 e. The van der Waals surface area contributed by atoms with Crippen LogP contribution in [0, 0.1) is 6.92 Å². The second-order valence-corrected chi connectivity index (χ2v) is 9.63. The van der Waals surface area contributed by atoms with E-state index in [1.165, 1.54) is 31.4 Å². The predicted molar refractivity (Wildman–Crippen MR) is 155 cm³/mol. The zero-order valence-corrected chi connectivity index (χ0v) is 24.3. The van der Waals surface area contributed by atoms with Gasteiger partial charge >= 0.3 is 0 Å². The number of nitrogens with one attached hydrogen (secondary N) is 3. The van der Waals surface area contributed by atoms with Gasteiger partial charge in [-0.1, -0.05) is 52.6 Å². The number of amides is 2. The van der Waals surface area contributed by atoms with Crippen molar-refractivity contribution < 1.29 is 19.1 Å². The SMILES string of the molecule is CC.CNC(=O)c1cc(Oc2cc(C(=O)Nc3cc(C(C)(C)C)cc(NSC)c3OC)ccc2C)ncn1. The van der Waals surface area contributed by atoms with Gasteiger partial charge in [-0.3, -0.25) is 9.59 Å². The topological polar surface area (TPSA) is 114 Å². The van der Waals surface area contributed by atoms with Crippen LogP contribution in [0.4, 0.5) is 11.4 Å². The summed E-state index contributed by atoms with van der Waals surface area (Å²) in [5.74, 6) is 0.486. The van der Waals surface area contributed by atoms with Gasteiger partial charge in [0.25, 0.3) is 11.8 Å². The fourth-order valence-corrected chi connectivity index (χ4v) is 3.74. The lowest BCUT2D eigenvalue weighted by Crippen LogP contribution is -2.19. The van der Waals surface area contributed by atoms with E-state index in [2.05, 4.69) is 46.1 Å². The maximum Gasteiger partial charge on any atom is 0.269 e. The first-order valence-corrected chi connectivity index (χ1v) is 13.4. The second kappa shape index (κ2) is 13.7. The van der Waals surface area contributed by atoms with Gasteiger partial charge < -0.3 is 24.8 Å². The predicted octanol–water partition coefficient (Wildman–Crippen LogP) is 6.21. The molecule has 3 rings (SSSR count). The number of rotatable bonds is 8. The molecule has 38 heavy (non-hydrogen) atoms. The number of carbonyl (C=O) groups is 2. The van der Waals surface area contributed by atoms with Gasteiger partial charge in [0, 0.05) is 24.9 Å². The number of aryl methyl sites for hydroxylation is 1. The van der Waals surface area contributed by atoms with Gasteiger partial charge in [0.2, 0.25) is 5.88 Å². The van der Waals surface area contributed by atoms with Crippen LogP contribution < -0.4 is 24.8 Å². The van der Waals surface area contributed by atoms with Gasteiger partial charge in [0.05, 0.1) is 18.5 Å². The number of aromatic nitrogens is 2. The standard InChI is InChI=1S/C26H31N5O4S.C2H6/c1-15-8-9-16(10-21(15)35-22-13-20(25(33)27-5)28-14-29-22)24(32)30-18-11-17(26(2,3)4)12-19(31-36-7)23(18)34-6;1-2/h8-14,31H,1-7H3,(H,27,33)(H,30,32);1-2H3. The number of benzene rings is 2. The van der Waals surface area contributed by atoms with Gasteiger partial charge in [0.1, 0.15) is 17.8 Å². The van der Waals surface area contributed by atoms with Crippen molar-refractivity contribution in [3.8, 4) is 17.4 Å². The molecule has 0 fully saturated rings. The van der Waals surface area contributed by atoms with Gasteiger partial charge in [-0.2, -0.15) is 0 Å². The smallest absolute Gasteiger partial charge is 0.269 e. The molecule has 0 aliphatic heterocycles. The average molecular weight is 540 g/mol. The molecule has 0 unspecified atom stereocenters. The summed E-state index contributed by atoms with van der Waals surface area (Å²) in [6.45, 7) is 12.2. The molecular weight excluding hydrogens is 502 g/mol. The first kappa shape index (κ1) is 30.4. The van der Waals surface area contributed by atoms with Crippen molar-refractivity contribution in [2.75, 3.05) is 30.5 Å². The molecule has 10 heteroatoms. The highest BCUT2D eigenvalue weighted by atomic mass is 32.2. The van der Waals surface area contributed by atoms with Crippen LogP contribution in [0.25, 0.3) is 0 Å². The van der Waals surface area contributed by atoms with E-state index < -0.39 is 0 Å². The molecule has 0 bridgehead atoms. The molecule has 2 amide bonds. The number of hydrogen-bond acceptors (Lipinski definition) is 8. The van der Waals surface area contributed by atoms with Crippen molar-refractivity contribution in [3.05, 3.63) is 65.1 Å². The second-order valence-electron chi connectivity index (χ2n) is 9.02. The Morgan fingerprint density at radius 2 is 1.66 bits per heavy atom. The van der Waals surface area contributed by atoms with Crippen LogP contribution in [0.5, 0.6) is 17.4 Å². The Hall–Kier alpha value is -3.79. The number of anilines is 2. The maximum atomic E-state index is 13.3. The molecule has 204 valence electrons. The molecule has 0 saturated heterocycles. The van der Waals surface area contributed by atoms with Gasteiger partial charge in [-0.05, 0) is 47.7 Å². The molecule has 1 heterocycles. The first-order valence-electron chi connectivity index (χ1n) is 12.2. The quantitative estimate of drug-likeness (QED) is 0.289. The van der Waals surface area contributed by atoms with Crippen molar-refractivity contribution in [2.24, 2.45) is 0 Å². The zero-order chi connectivity index (χ0) is 28.5. The third-order valence-corrected chi connectivity index (χ3v) is 5.81. The highest BCUT2D eigenvalue weighted by Crippen LogP contribution is 2.40. The van der Waals surface area contributed by atoms with Crippen molar-refractivity contribution in [2.45, 2.75) is 47.0 Å². The molecule has 0 atom stereocenters. The van der Waals surface area contributed by atoms with Crippen molar-refractivity contribution in [1.82, 2.24) is 15.3 Å². The summed E-state index contributed by atoms with van der Waals surface area (Å²) in [5, 5.41) is 5.50. The van der Waals surface area contributed by atoms with Crippen LogP contribution in [0.15, 0.2) is 42.7 Å². The Kier molecular flexibility index (Phi) is 10.9. The lowest BCUT2D eigenvalue weighted by atomic mass is 9.86. The Balaban J connectivity index is 0.00000247. The van der Waals surface area contributed by atoms with Gasteiger partial charge in [-0.15, -0.1) is 0 Å². The number of methoxy groups -OCH3 is 1. The molecule has 0 spiro atoms. The minimum atomic E-state index is -0.353. The van der Waals surface area contributed by atoms with E-state index in [4.69, 9.17) is 9.47 Å². The third kappa shape index (κ3) is 7.61. The lowest BCUT2D eigenvalue weighted by Gasteiger charge is -2.24. The molecular formula is C28H37N5O4S. The van der Waals surface area contributed by atoms with Crippen LogP contribution in [0.2, 0.25) is 0 Å². The Morgan fingerprint density at radius 3 is 2.26 bits per heavy atom. The van der Waals surface area contributed by atoms with E-state index in [0.29, 0.717) is 22.7 Å². The molecule has 0 radical (unpaired) electrons. The molecule has 0 aliphatic carbocycles. The van der Waals surface area contributed by atoms with E-state index in [9.17, 15) is 9.59 Å². The third-order valence-electron chi connectivity index (χ3n) is 5.39. The monoisotopic (exact) mass is 539 g/mol. The number of hydrogen-bond donors (Lipinski definition) is 3. The molecule has 0 saturated carbocycles. The van der Waals surface area contributed by atoms with Crippen molar-refractivity contribution >= 4 is 35.1 Å². The van der Waals surface area contributed by atoms with Gasteiger partial charge in [-0.25, -0.2) is 9.97 Å². The summed E-state index contributed by atoms with van der Waals surface area (Å²) >= 11 is 1.44. The molecule has 2 aromatic carbocycles. The molecule has 0 aliphatic rings. The molecule has 1 aromatic heterocycles. The highest BCUT2D eigenvalue weighted by molar-refractivity contribution is 7.99. The average Bonchev–Trinajstić information content (AvgIpc) is 2.90. The number of ether oxygens (including phenoxy) is 2. The Bertz CT molecular complexity index is 1270. The van der Waals surface area contributed by atoms with Crippen LogP contribution in [0.1, 0.15) is 66.6 Å². The summed E-state index contributed by atoms with van der Waals surface area (Å²) in [4.78, 5) is 33.2. The number of nitrogens with zero attached hydrogens (tertiary/aromatic N) is 2. The lowest BCUT2D eigenvalue weighted by molar-refractivity contribution is 0.0956. The fraction of sp³-hybridized carbons (Fsp3) is 0.357. The van der Waals surface area contributed by atoms with E-state index in [1.807, 2.05) is 39.2 Å². The minimum absolute atomic E-state index is 0.142. The van der Waals surface area contributed by atoms with Gasteiger partial charge in [0.15, 0.2) is 5.75 Å². The summed E-state index contributed by atoms with van der Waals surface area (Å²) in [6.07, 6.45) is 3.17. The first-order chi connectivity index (χ1) is 18.1. The molecule has 3 aromatic rings. The highest BCUT2D eigenvalue weighted by Gasteiger charge is 2.21. The summed E-state index contributed by atoms with van der Waals surface area (Å²) in [6, 6.07) is 10.5. The van der Waals surface area contributed by atoms with E-state index in [1.54, 1.807) is 25.3 Å². The van der Waals surface area contributed by atoms with Crippen molar-refractivity contribution in [3.63, 3.8) is 0 Å². The van der Waals surface area contributed by atoms with E-state index >= 15 is 0 Å². The van der Waals surface area contributed by atoms with Crippen LogP contribution in [-0.2, 0) is 5.41 Å². The Morgan fingerprint density at radius 1 is 0.974 bits per heavy atom. The largest absolute Gasteiger partial charge is 0.492 e. The maximum absolute atomic E-state index is 13.3. The molecule has 9 nitrogen and oxygen atoms in total. The fourth-order valence-electron chi connectivity index (χ4n) is 3.37. The Labute approximate surface area is 229 Å². The zero-order valence-electron chi connectivity index (χ0n) is 23.5. The summed E-state index contributed by atoms with van der Waals surface area (Å²) in [7, 11) is 3.09. The summed E-state index contributed by atoms with van der Waals surface area (Å²) < 4.78 is 14.8. The van der Waals surface area contributed by atoms with Crippen LogP contribution in [-0.4, -0.2) is 42.2 Å². The normalized spacial score (nSPS) is 10.6. The van der Waals surface area contributed by atoms with E-state index in [0.717, 1.165) is 16.8 Å². The summed E-state index contributed by atoms with van der Waals surface area (Å²) in [5.41, 5.74) is 3.59. The van der Waals surface area contributed by atoms with Crippen LogP contribution >= 0.6 is 11.9 Å². The van der Waals surface area contributed by atoms with Crippen LogP contribution in [0.3, 0.4) is 0 Å².